The third kappa shape index (κ3) is 6.98. The van der Waals surface area contributed by atoms with Crippen molar-refractivity contribution in [3.63, 3.8) is 0 Å². The highest BCUT2D eigenvalue weighted by atomic mass is 35.5. The Hall–Kier alpha value is -3.08. The number of nitrogens with one attached hydrogen (secondary N) is 3. The summed E-state index contributed by atoms with van der Waals surface area (Å²) in [6, 6.07) is 10.0. The van der Waals surface area contributed by atoms with E-state index in [9.17, 15) is 9.59 Å². The van der Waals surface area contributed by atoms with E-state index in [-0.39, 0.29) is 17.8 Å². The van der Waals surface area contributed by atoms with Gasteiger partial charge in [0.05, 0.1) is 13.2 Å². The minimum Gasteiger partial charge on any atom is -0.379 e. The van der Waals surface area contributed by atoms with Crippen LogP contribution in [0.2, 0.25) is 5.02 Å². The number of benzene rings is 1. The van der Waals surface area contributed by atoms with Gasteiger partial charge in [0.2, 0.25) is 0 Å². The van der Waals surface area contributed by atoms with Gasteiger partial charge < -0.3 is 26.5 Å². The number of aliphatic imine (C=N–C) groups is 1. The largest absolute Gasteiger partial charge is 0.379 e. The molecule has 1 atom stereocenters. The molecule has 1 fully saturated rings. The summed E-state index contributed by atoms with van der Waals surface area (Å²) >= 11 is 5.94. The van der Waals surface area contributed by atoms with Crippen molar-refractivity contribution in [2.24, 2.45) is 16.5 Å². The smallest absolute Gasteiger partial charge is 0.268 e. The van der Waals surface area contributed by atoms with Crippen LogP contribution >= 0.6 is 11.6 Å². The Balaban J connectivity index is 1.65. The monoisotopic (exact) mass is 461 g/mol. The topological polar surface area (TPSA) is 151 Å². The first kappa shape index (κ1) is 23.6. The summed E-state index contributed by atoms with van der Waals surface area (Å²) in [5, 5.41) is 5.23. The fraction of sp³-hybridized carbons (Fsp3) is 0.381. The van der Waals surface area contributed by atoms with Crippen molar-refractivity contribution < 1.29 is 14.3 Å². The standard InChI is InChI=1S/C21H28ClN7O3/c22-15-5-3-14(4-6-15)16-7-8-18(26-16)19(30)27-17(2-1-9-25-21(23)24)20(31)28-29-10-12-32-13-11-29/h3-8,17,26H,1-2,9-13H2,(H,27,30)(H,28,31)(H4,23,24,25). The molecule has 0 bridgehead atoms. The lowest BCUT2D eigenvalue weighted by atomic mass is 10.1. The molecule has 7 N–H and O–H groups in total. The average Bonchev–Trinajstić information content (AvgIpc) is 3.27. The Kier molecular flexibility index (Phi) is 8.48. The molecule has 0 radical (unpaired) electrons. The predicted molar refractivity (Wildman–Crippen MR) is 123 cm³/mol. The van der Waals surface area contributed by atoms with Crippen molar-refractivity contribution in [2.75, 3.05) is 32.8 Å². The molecule has 0 saturated carbocycles. The van der Waals surface area contributed by atoms with E-state index in [1.54, 1.807) is 29.3 Å². The second-order valence-electron chi connectivity index (χ2n) is 7.34. The number of rotatable bonds is 9. The van der Waals surface area contributed by atoms with E-state index < -0.39 is 6.04 Å². The number of ether oxygens (including phenoxy) is 1. The molecular formula is C21H28ClN7O3. The highest BCUT2D eigenvalue weighted by Crippen LogP contribution is 2.21. The number of halogens is 1. The number of carbonyl (C=O) groups is 2. The number of hydrogen-bond acceptors (Lipinski definition) is 5. The molecule has 3 rings (SSSR count). The Labute approximate surface area is 191 Å². The second kappa shape index (κ2) is 11.5. The van der Waals surface area contributed by atoms with E-state index in [4.69, 9.17) is 27.8 Å². The fourth-order valence-corrected chi connectivity index (χ4v) is 3.37. The number of hydrazine groups is 1. The molecule has 2 amide bonds. The molecule has 172 valence electrons. The van der Waals surface area contributed by atoms with Crippen LogP contribution in [0.1, 0.15) is 23.3 Å². The molecule has 2 aromatic rings. The SMILES string of the molecule is NC(N)=NCCCC(NC(=O)c1ccc(-c2ccc(Cl)cc2)[nH]1)C(=O)NN1CCOCC1. The number of amides is 2. The summed E-state index contributed by atoms with van der Waals surface area (Å²) in [5.74, 6) is -0.687. The van der Waals surface area contributed by atoms with Crippen LogP contribution in [0, 0.1) is 0 Å². The van der Waals surface area contributed by atoms with Gasteiger partial charge in [-0.05, 0) is 42.7 Å². The molecule has 2 heterocycles. The molecule has 0 aliphatic carbocycles. The van der Waals surface area contributed by atoms with Crippen molar-refractivity contribution in [3.05, 3.63) is 47.1 Å². The van der Waals surface area contributed by atoms with Crippen molar-refractivity contribution in [2.45, 2.75) is 18.9 Å². The highest BCUT2D eigenvalue weighted by Gasteiger charge is 2.24. The van der Waals surface area contributed by atoms with Gasteiger partial charge in [-0.1, -0.05) is 23.7 Å². The molecule has 1 saturated heterocycles. The van der Waals surface area contributed by atoms with E-state index in [0.29, 0.717) is 56.4 Å². The lowest BCUT2D eigenvalue weighted by molar-refractivity contribution is -0.130. The fourth-order valence-electron chi connectivity index (χ4n) is 3.24. The number of aromatic amines is 1. The summed E-state index contributed by atoms with van der Waals surface area (Å²) in [4.78, 5) is 32.7. The van der Waals surface area contributed by atoms with Gasteiger partial charge in [-0.3, -0.25) is 20.0 Å². The lowest BCUT2D eigenvalue weighted by Gasteiger charge is -2.29. The maximum Gasteiger partial charge on any atom is 0.268 e. The number of hydrogen-bond donors (Lipinski definition) is 5. The van der Waals surface area contributed by atoms with Crippen LogP contribution in [0.4, 0.5) is 0 Å². The first-order valence-electron chi connectivity index (χ1n) is 10.4. The number of guanidine groups is 1. The summed E-state index contributed by atoms with van der Waals surface area (Å²) in [7, 11) is 0. The van der Waals surface area contributed by atoms with Crippen molar-refractivity contribution in [1.82, 2.24) is 20.7 Å². The van der Waals surface area contributed by atoms with Gasteiger partial charge in [-0.25, -0.2) is 5.01 Å². The minimum atomic E-state index is -0.748. The number of morpholine rings is 1. The Bertz CT molecular complexity index is 935. The van der Waals surface area contributed by atoms with Gasteiger partial charge in [0.1, 0.15) is 11.7 Å². The van der Waals surface area contributed by atoms with Gasteiger partial charge >= 0.3 is 0 Å². The van der Waals surface area contributed by atoms with Crippen LogP contribution in [-0.4, -0.2) is 66.7 Å². The third-order valence-electron chi connectivity index (χ3n) is 4.93. The average molecular weight is 462 g/mol. The van der Waals surface area contributed by atoms with E-state index in [1.807, 2.05) is 12.1 Å². The zero-order valence-corrected chi connectivity index (χ0v) is 18.4. The molecule has 11 heteroatoms. The number of nitrogens with two attached hydrogens (primary N) is 2. The van der Waals surface area contributed by atoms with Crippen LogP contribution in [-0.2, 0) is 9.53 Å². The second-order valence-corrected chi connectivity index (χ2v) is 7.78. The van der Waals surface area contributed by atoms with Crippen LogP contribution < -0.4 is 22.2 Å². The zero-order chi connectivity index (χ0) is 22.9. The maximum atomic E-state index is 12.8. The summed E-state index contributed by atoms with van der Waals surface area (Å²) in [5.41, 5.74) is 15.6. The number of aromatic nitrogens is 1. The summed E-state index contributed by atoms with van der Waals surface area (Å²) < 4.78 is 5.30. The van der Waals surface area contributed by atoms with Gasteiger partial charge in [-0.2, -0.15) is 0 Å². The molecule has 1 unspecified atom stereocenters. The lowest BCUT2D eigenvalue weighted by Crippen LogP contribution is -2.55. The molecule has 1 aliphatic heterocycles. The van der Waals surface area contributed by atoms with E-state index in [1.165, 1.54) is 0 Å². The van der Waals surface area contributed by atoms with Crippen LogP contribution in [0.25, 0.3) is 11.3 Å². The minimum absolute atomic E-state index is 0.00975. The normalized spacial score (nSPS) is 15.0. The number of nitrogens with zero attached hydrogens (tertiary/aromatic N) is 2. The Morgan fingerprint density at radius 2 is 1.88 bits per heavy atom. The van der Waals surface area contributed by atoms with Crippen molar-refractivity contribution >= 4 is 29.4 Å². The summed E-state index contributed by atoms with van der Waals surface area (Å²) in [6.45, 7) is 2.61. The van der Waals surface area contributed by atoms with Gasteiger partial charge in [0.25, 0.3) is 11.8 Å². The molecule has 1 aromatic heterocycles. The molecule has 1 aliphatic rings. The summed E-state index contributed by atoms with van der Waals surface area (Å²) in [6.07, 6.45) is 0.906. The van der Waals surface area contributed by atoms with E-state index in [2.05, 4.69) is 20.7 Å². The van der Waals surface area contributed by atoms with Crippen molar-refractivity contribution in [1.29, 1.82) is 0 Å². The molecule has 32 heavy (non-hydrogen) atoms. The van der Waals surface area contributed by atoms with Crippen molar-refractivity contribution in [3.8, 4) is 11.3 Å². The van der Waals surface area contributed by atoms with E-state index >= 15 is 0 Å². The quantitative estimate of drug-likeness (QED) is 0.212. The van der Waals surface area contributed by atoms with Crippen LogP contribution in [0.15, 0.2) is 41.4 Å². The first-order chi connectivity index (χ1) is 15.4. The number of H-pyrrole nitrogens is 1. The predicted octanol–water partition coefficient (Wildman–Crippen LogP) is 0.851. The highest BCUT2D eigenvalue weighted by molar-refractivity contribution is 6.30. The molecular weight excluding hydrogens is 434 g/mol. The maximum absolute atomic E-state index is 12.8. The number of carbonyl (C=O) groups excluding carboxylic acids is 2. The van der Waals surface area contributed by atoms with Crippen LogP contribution in [0.3, 0.4) is 0 Å². The molecule has 10 nitrogen and oxygen atoms in total. The molecule has 1 aromatic carbocycles. The third-order valence-corrected chi connectivity index (χ3v) is 5.18. The van der Waals surface area contributed by atoms with E-state index in [0.717, 1.165) is 11.3 Å². The Morgan fingerprint density at radius 3 is 2.56 bits per heavy atom. The Morgan fingerprint density at radius 1 is 1.16 bits per heavy atom. The zero-order valence-electron chi connectivity index (χ0n) is 17.6. The first-order valence-corrected chi connectivity index (χ1v) is 10.7. The van der Waals surface area contributed by atoms with Gasteiger partial charge in [0, 0.05) is 30.4 Å². The van der Waals surface area contributed by atoms with Gasteiger partial charge in [0.15, 0.2) is 5.96 Å². The van der Waals surface area contributed by atoms with Crippen LogP contribution in [0.5, 0.6) is 0 Å². The molecule has 0 spiro atoms. The van der Waals surface area contributed by atoms with Gasteiger partial charge in [-0.15, -0.1) is 0 Å².